The monoisotopic (exact) mass is 389 g/mol. The van der Waals surface area contributed by atoms with Crippen molar-refractivity contribution >= 4 is 17.4 Å². The van der Waals surface area contributed by atoms with Gasteiger partial charge < -0.3 is 30.1 Å². The van der Waals surface area contributed by atoms with E-state index in [2.05, 4.69) is 15.3 Å². The number of hydrogen-bond donors (Lipinski definition) is 4. The SMILES string of the molecule is CCOC(Cc1c(Cl)ncnc1N[C@@H]1C[C@H](CCO)[C@@H](O)[C@H]1O)OCC. The second kappa shape index (κ2) is 10.3. The fourth-order valence-electron chi connectivity index (χ4n) is 3.30. The summed E-state index contributed by atoms with van der Waals surface area (Å²) in [5, 5.41) is 33.0. The molecule has 9 heteroatoms. The smallest absolute Gasteiger partial charge is 0.161 e. The highest BCUT2D eigenvalue weighted by Gasteiger charge is 2.41. The summed E-state index contributed by atoms with van der Waals surface area (Å²) in [7, 11) is 0. The summed E-state index contributed by atoms with van der Waals surface area (Å²) < 4.78 is 11.1. The zero-order valence-electron chi connectivity index (χ0n) is 15.1. The number of halogens is 1. The van der Waals surface area contributed by atoms with Crippen molar-refractivity contribution in [3.63, 3.8) is 0 Å². The molecule has 4 atom stereocenters. The molecule has 1 fully saturated rings. The minimum absolute atomic E-state index is 0.0316. The van der Waals surface area contributed by atoms with Crippen LogP contribution in [0.4, 0.5) is 5.82 Å². The van der Waals surface area contributed by atoms with E-state index < -0.39 is 24.5 Å². The molecule has 1 aliphatic rings. The summed E-state index contributed by atoms with van der Waals surface area (Å²) in [6, 6.07) is -0.399. The lowest BCUT2D eigenvalue weighted by Crippen LogP contribution is -2.35. The number of hydrogen-bond acceptors (Lipinski definition) is 8. The second-order valence-electron chi connectivity index (χ2n) is 6.28. The molecule has 26 heavy (non-hydrogen) atoms. The van der Waals surface area contributed by atoms with Gasteiger partial charge in [-0.05, 0) is 32.6 Å². The van der Waals surface area contributed by atoms with Crippen LogP contribution in [0.15, 0.2) is 6.33 Å². The van der Waals surface area contributed by atoms with Crippen molar-refractivity contribution in [2.24, 2.45) is 5.92 Å². The van der Waals surface area contributed by atoms with Gasteiger partial charge in [-0.25, -0.2) is 9.97 Å². The molecule has 8 nitrogen and oxygen atoms in total. The van der Waals surface area contributed by atoms with Gasteiger partial charge in [0.1, 0.15) is 23.4 Å². The Balaban J connectivity index is 2.15. The van der Waals surface area contributed by atoms with Crippen LogP contribution in [0.1, 0.15) is 32.3 Å². The Hall–Kier alpha value is -1.03. The van der Waals surface area contributed by atoms with Gasteiger partial charge in [0.25, 0.3) is 0 Å². The average molecular weight is 390 g/mol. The Kier molecular flexibility index (Phi) is 8.46. The summed E-state index contributed by atoms with van der Waals surface area (Å²) in [5.74, 6) is 0.308. The molecule has 0 unspecified atom stereocenters. The fourth-order valence-corrected chi connectivity index (χ4v) is 3.51. The van der Waals surface area contributed by atoms with Gasteiger partial charge in [0.2, 0.25) is 0 Å². The first-order valence-corrected chi connectivity index (χ1v) is 9.35. The Bertz CT molecular complexity index is 559. The molecule has 0 radical (unpaired) electrons. The van der Waals surface area contributed by atoms with E-state index in [9.17, 15) is 10.2 Å². The van der Waals surface area contributed by atoms with Gasteiger partial charge in [-0.3, -0.25) is 0 Å². The van der Waals surface area contributed by atoms with Crippen LogP contribution in [0.2, 0.25) is 5.15 Å². The van der Waals surface area contributed by atoms with E-state index >= 15 is 0 Å². The maximum Gasteiger partial charge on any atom is 0.161 e. The van der Waals surface area contributed by atoms with Crippen LogP contribution < -0.4 is 5.32 Å². The van der Waals surface area contributed by atoms with Crippen LogP contribution in [0.5, 0.6) is 0 Å². The van der Waals surface area contributed by atoms with E-state index in [-0.39, 0.29) is 17.7 Å². The summed E-state index contributed by atoms with van der Waals surface area (Å²) in [6.07, 6.45) is 0.329. The van der Waals surface area contributed by atoms with Crippen molar-refractivity contribution in [1.82, 2.24) is 9.97 Å². The van der Waals surface area contributed by atoms with Crippen molar-refractivity contribution in [3.05, 3.63) is 17.0 Å². The molecule has 0 aromatic carbocycles. The number of aliphatic hydroxyl groups excluding tert-OH is 3. The van der Waals surface area contributed by atoms with E-state index in [0.717, 1.165) is 0 Å². The molecule has 0 bridgehead atoms. The Morgan fingerprint density at radius 1 is 1.23 bits per heavy atom. The van der Waals surface area contributed by atoms with E-state index in [1.165, 1.54) is 6.33 Å². The number of rotatable bonds is 10. The lowest BCUT2D eigenvalue weighted by Gasteiger charge is -2.22. The summed E-state index contributed by atoms with van der Waals surface area (Å²) in [5.41, 5.74) is 0.633. The van der Waals surface area contributed by atoms with Crippen LogP contribution in [0.25, 0.3) is 0 Å². The largest absolute Gasteiger partial charge is 0.396 e. The van der Waals surface area contributed by atoms with Gasteiger partial charge in [-0.15, -0.1) is 0 Å². The topological polar surface area (TPSA) is 117 Å². The first-order valence-electron chi connectivity index (χ1n) is 8.97. The maximum atomic E-state index is 10.3. The van der Waals surface area contributed by atoms with Gasteiger partial charge >= 0.3 is 0 Å². The van der Waals surface area contributed by atoms with Crippen LogP contribution in [0, 0.1) is 5.92 Å². The van der Waals surface area contributed by atoms with E-state index in [1.54, 1.807) is 0 Å². The predicted octanol–water partition coefficient (Wildman–Crippen LogP) is 0.976. The maximum absolute atomic E-state index is 10.3. The highest BCUT2D eigenvalue weighted by atomic mass is 35.5. The minimum Gasteiger partial charge on any atom is -0.396 e. The van der Waals surface area contributed by atoms with Crippen LogP contribution in [0.3, 0.4) is 0 Å². The summed E-state index contributed by atoms with van der Waals surface area (Å²) >= 11 is 6.26. The molecule has 0 aliphatic heterocycles. The van der Waals surface area contributed by atoms with Crippen molar-refractivity contribution in [2.45, 2.75) is 57.6 Å². The Morgan fingerprint density at radius 2 is 1.92 bits per heavy atom. The first-order chi connectivity index (χ1) is 12.5. The van der Waals surface area contributed by atoms with Crippen LogP contribution in [-0.2, 0) is 15.9 Å². The Morgan fingerprint density at radius 3 is 2.54 bits per heavy atom. The number of nitrogens with zero attached hydrogens (tertiary/aromatic N) is 2. The van der Waals surface area contributed by atoms with Gasteiger partial charge in [0, 0.05) is 31.8 Å². The highest BCUT2D eigenvalue weighted by molar-refractivity contribution is 6.30. The molecule has 1 aromatic rings. The molecule has 148 valence electrons. The molecule has 1 aromatic heterocycles. The second-order valence-corrected chi connectivity index (χ2v) is 6.63. The summed E-state index contributed by atoms with van der Waals surface area (Å²) in [6.45, 7) is 4.72. The molecule has 1 aliphatic carbocycles. The lowest BCUT2D eigenvalue weighted by atomic mass is 10.0. The minimum atomic E-state index is -0.956. The van der Waals surface area contributed by atoms with Gasteiger partial charge in [-0.2, -0.15) is 0 Å². The zero-order chi connectivity index (χ0) is 19.1. The predicted molar refractivity (Wildman–Crippen MR) is 97.0 cm³/mol. The molecule has 0 amide bonds. The van der Waals surface area contributed by atoms with E-state index in [0.29, 0.717) is 43.9 Å². The van der Waals surface area contributed by atoms with E-state index in [4.69, 9.17) is 26.2 Å². The van der Waals surface area contributed by atoms with Crippen LogP contribution >= 0.6 is 11.6 Å². The van der Waals surface area contributed by atoms with Crippen molar-refractivity contribution in [1.29, 1.82) is 0 Å². The first kappa shape index (κ1) is 21.3. The van der Waals surface area contributed by atoms with Crippen molar-refractivity contribution < 1.29 is 24.8 Å². The third-order valence-corrected chi connectivity index (χ3v) is 4.92. The number of aromatic nitrogens is 2. The van der Waals surface area contributed by atoms with Crippen LogP contribution in [-0.4, -0.2) is 69.6 Å². The average Bonchev–Trinajstić information content (AvgIpc) is 2.87. The molecule has 0 saturated heterocycles. The normalized spacial score (nSPS) is 25.8. The molecule has 4 N–H and O–H groups in total. The van der Waals surface area contributed by atoms with E-state index in [1.807, 2.05) is 13.8 Å². The van der Waals surface area contributed by atoms with Crippen molar-refractivity contribution in [2.75, 3.05) is 25.1 Å². The lowest BCUT2D eigenvalue weighted by molar-refractivity contribution is -0.134. The zero-order valence-corrected chi connectivity index (χ0v) is 15.9. The van der Waals surface area contributed by atoms with Gasteiger partial charge in [0.05, 0.1) is 12.1 Å². The molecule has 2 rings (SSSR count). The standard InChI is InChI=1S/C17H28ClN3O5/c1-3-25-13(26-4-2)8-11-16(18)19-9-20-17(11)21-12-7-10(5-6-22)14(23)15(12)24/h9-10,12-15,22-24H,3-8H2,1-2H3,(H,19,20,21)/t10-,12+,14+,15-/m0/s1. The molecule has 1 heterocycles. The molecular formula is C17H28ClN3O5. The third kappa shape index (κ3) is 5.25. The van der Waals surface area contributed by atoms with Gasteiger partial charge in [-0.1, -0.05) is 11.6 Å². The fraction of sp³-hybridized carbons (Fsp3) is 0.765. The van der Waals surface area contributed by atoms with Crippen molar-refractivity contribution in [3.8, 4) is 0 Å². The molecule has 0 spiro atoms. The summed E-state index contributed by atoms with van der Waals surface area (Å²) in [4.78, 5) is 8.27. The Labute approximate surface area is 158 Å². The quantitative estimate of drug-likeness (QED) is 0.345. The number of nitrogens with one attached hydrogen (secondary N) is 1. The van der Waals surface area contributed by atoms with Gasteiger partial charge in [0.15, 0.2) is 6.29 Å². The third-order valence-electron chi connectivity index (χ3n) is 4.59. The molecular weight excluding hydrogens is 362 g/mol. The highest BCUT2D eigenvalue weighted by Crippen LogP contribution is 2.32. The number of ether oxygens (including phenoxy) is 2. The number of anilines is 1. The number of aliphatic hydroxyl groups is 3. The molecule has 1 saturated carbocycles.